The topological polar surface area (TPSA) is 45.2 Å². The fourth-order valence-electron chi connectivity index (χ4n) is 3.54. The number of nitrogens with zero attached hydrogens (tertiary/aromatic N) is 2. The van der Waals surface area contributed by atoms with E-state index in [1.165, 1.54) is 32.4 Å². The highest BCUT2D eigenvalue weighted by Gasteiger charge is 2.35. The number of aromatic nitrogens is 1. The summed E-state index contributed by atoms with van der Waals surface area (Å²) >= 11 is 0. The van der Waals surface area contributed by atoms with Crippen molar-refractivity contribution >= 4 is 5.91 Å². The standard InChI is InChI=1S/C16H23N3O/c20-16(8-7-13-4-1-9-17-12-13)18-14-5-2-10-19-11-3-6-15(14)19/h1,4,9,12,14-15H,2-3,5-8,10-11H2,(H,18,20)/t14-,15-/m0/s1. The van der Waals surface area contributed by atoms with Crippen molar-refractivity contribution in [2.24, 2.45) is 0 Å². The number of rotatable bonds is 4. The fourth-order valence-corrected chi connectivity index (χ4v) is 3.54. The molecular formula is C16H23N3O. The molecule has 20 heavy (non-hydrogen) atoms. The van der Waals surface area contributed by atoms with Crippen molar-refractivity contribution in [3.05, 3.63) is 30.1 Å². The lowest BCUT2D eigenvalue weighted by Crippen LogP contribution is -2.52. The Balaban J connectivity index is 1.48. The minimum absolute atomic E-state index is 0.188. The van der Waals surface area contributed by atoms with Gasteiger partial charge in [-0.05, 0) is 56.8 Å². The van der Waals surface area contributed by atoms with Gasteiger partial charge in [0.05, 0.1) is 0 Å². The van der Waals surface area contributed by atoms with Gasteiger partial charge in [0, 0.05) is 30.9 Å². The molecule has 0 spiro atoms. The number of hydrogen-bond donors (Lipinski definition) is 1. The van der Waals surface area contributed by atoms with Gasteiger partial charge >= 0.3 is 0 Å². The average molecular weight is 273 g/mol. The molecule has 3 rings (SSSR count). The number of aryl methyl sites for hydroxylation is 1. The summed E-state index contributed by atoms with van der Waals surface area (Å²) in [4.78, 5) is 18.8. The van der Waals surface area contributed by atoms with Crippen LogP contribution in [0.1, 0.15) is 37.7 Å². The quantitative estimate of drug-likeness (QED) is 0.909. The molecule has 0 bridgehead atoms. The molecule has 1 aromatic heterocycles. The minimum atomic E-state index is 0.188. The van der Waals surface area contributed by atoms with Crippen LogP contribution in [0.15, 0.2) is 24.5 Å². The molecule has 2 atom stereocenters. The Kier molecular flexibility index (Phi) is 4.31. The predicted octanol–water partition coefficient (Wildman–Crippen LogP) is 1.76. The van der Waals surface area contributed by atoms with Gasteiger partial charge in [-0.25, -0.2) is 0 Å². The molecule has 0 aromatic carbocycles. The van der Waals surface area contributed by atoms with Crippen molar-refractivity contribution < 1.29 is 4.79 Å². The Labute approximate surface area is 120 Å². The van der Waals surface area contributed by atoms with Crippen LogP contribution in [0.5, 0.6) is 0 Å². The fraction of sp³-hybridized carbons (Fsp3) is 0.625. The van der Waals surface area contributed by atoms with Gasteiger partial charge in [0.1, 0.15) is 0 Å². The Morgan fingerprint density at radius 3 is 3.00 bits per heavy atom. The molecule has 0 aliphatic carbocycles. The highest BCUT2D eigenvalue weighted by Crippen LogP contribution is 2.27. The lowest BCUT2D eigenvalue weighted by atomic mass is 9.96. The molecule has 0 saturated carbocycles. The molecule has 2 saturated heterocycles. The first-order valence-electron chi connectivity index (χ1n) is 7.75. The van der Waals surface area contributed by atoms with Crippen LogP contribution in [0.25, 0.3) is 0 Å². The number of amides is 1. The maximum absolute atomic E-state index is 12.1. The number of pyridine rings is 1. The summed E-state index contributed by atoms with van der Waals surface area (Å²) in [5, 5.41) is 3.26. The first-order chi connectivity index (χ1) is 9.83. The second-order valence-corrected chi connectivity index (χ2v) is 5.92. The SMILES string of the molecule is O=C(CCc1cccnc1)N[C@H]1CCCN2CCC[C@@H]12. The van der Waals surface area contributed by atoms with Gasteiger partial charge in [0.15, 0.2) is 0 Å². The van der Waals surface area contributed by atoms with Crippen LogP contribution in [0.2, 0.25) is 0 Å². The molecule has 2 fully saturated rings. The second kappa shape index (κ2) is 6.35. The highest BCUT2D eigenvalue weighted by atomic mass is 16.1. The van der Waals surface area contributed by atoms with E-state index in [0.717, 1.165) is 18.4 Å². The van der Waals surface area contributed by atoms with E-state index < -0.39 is 0 Å². The summed E-state index contributed by atoms with van der Waals surface area (Å²) in [5.41, 5.74) is 1.13. The summed E-state index contributed by atoms with van der Waals surface area (Å²) < 4.78 is 0. The van der Waals surface area contributed by atoms with E-state index in [-0.39, 0.29) is 5.91 Å². The lowest BCUT2D eigenvalue weighted by molar-refractivity contribution is -0.122. The van der Waals surface area contributed by atoms with Crippen LogP contribution in [0.4, 0.5) is 0 Å². The van der Waals surface area contributed by atoms with Crippen LogP contribution < -0.4 is 5.32 Å². The van der Waals surface area contributed by atoms with Crippen LogP contribution >= 0.6 is 0 Å². The maximum atomic E-state index is 12.1. The summed E-state index contributed by atoms with van der Waals surface area (Å²) in [5.74, 6) is 0.188. The Hall–Kier alpha value is -1.42. The number of carbonyl (C=O) groups excluding carboxylic acids is 1. The highest BCUT2D eigenvalue weighted by molar-refractivity contribution is 5.76. The summed E-state index contributed by atoms with van der Waals surface area (Å²) in [6, 6.07) is 4.91. The molecule has 0 radical (unpaired) electrons. The first kappa shape index (κ1) is 13.6. The van der Waals surface area contributed by atoms with E-state index in [1.807, 2.05) is 18.3 Å². The second-order valence-electron chi connectivity index (χ2n) is 5.92. The van der Waals surface area contributed by atoms with Crippen molar-refractivity contribution in [1.29, 1.82) is 0 Å². The van der Waals surface area contributed by atoms with Crippen molar-refractivity contribution in [2.45, 2.75) is 50.6 Å². The molecule has 4 heteroatoms. The Morgan fingerprint density at radius 1 is 1.35 bits per heavy atom. The maximum Gasteiger partial charge on any atom is 0.220 e. The van der Waals surface area contributed by atoms with Gasteiger partial charge in [0.2, 0.25) is 5.91 Å². The number of fused-ring (bicyclic) bond motifs is 1. The third-order valence-electron chi connectivity index (χ3n) is 4.55. The van der Waals surface area contributed by atoms with E-state index >= 15 is 0 Å². The number of carbonyl (C=O) groups is 1. The molecule has 3 heterocycles. The van der Waals surface area contributed by atoms with Crippen LogP contribution in [0.3, 0.4) is 0 Å². The van der Waals surface area contributed by atoms with Crippen LogP contribution in [-0.4, -0.2) is 41.0 Å². The van der Waals surface area contributed by atoms with Crippen molar-refractivity contribution in [1.82, 2.24) is 15.2 Å². The monoisotopic (exact) mass is 273 g/mol. The number of nitrogens with one attached hydrogen (secondary N) is 1. The van der Waals surface area contributed by atoms with E-state index in [4.69, 9.17) is 0 Å². The summed E-state index contributed by atoms with van der Waals surface area (Å²) in [6.07, 6.45) is 9.83. The van der Waals surface area contributed by atoms with Gasteiger partial charge in [0.25, 0.3) is 0 Å². The molecule has 1 aromatic rings. The van der Waals surface area contributed by atoms with E-state index in [1.54, 1.807) is 6.20 Å². The largest absolute Gasteiger partial charge is 0.352 e. The summed E-state index contributed by atoms with van der Waals surface area (Å²) in [7, 11) is 0. The molecule has 4 nitrogen and oxygen atoms in total. The molecule has 2 aliphatic heterocycles. The summed E-state index contributed by atoms with van der Waals surface area (Å²) in [6.45, 7) is 2.43. The van der Waals surface area contributed by atoms with Gasteiger partial charge in [-0.15, -0.1) is 0 Å². The molecule has 1 amide bonds. The van der Waals surface area contributed by atoms with Crippen molar-refractivity contribution in [2.75, 3.05) is 13.1 Å². The normalized spacial score (nSPS) is 26.2. The van der Waals surface area contributed by atoms with Gasteiger partial charge < -0.3 is 5.32 Å². The lowest BCUT2D eigenvalue weighted by Gasteiger charge is -2.37. The third-order valence-corrected chi connectivity index (χ3v) is 4.55. The van der Waals surface area contributed by atoms with Crippen molar-refractivity contribution in [3.63, 3.8) is 0 Å². The Morgan fingerprint density at radius 2 is 2.20 bits per heavy atom. The molecule has 0 unspecified atom stereocenters. The smallest absolute Gasteiger partial charge is 0.220 e. The molecule has 108 valence electrons. The average Bonchev–Trinajstić information content (AvgIpc) is 2.96. The van der Waals surface area contributed by atoms with Gasteiger partial charge in [-0.3, -0.25) is 14.7 Å². The zero-order valence-corrected chi connectivity index (χ0v) is 11.9. The number of hydrogen-bond acceptors (Lipinski definition) is 3. The zero-order chi connectivity index (χ0) is 13.8. The third kappa shape index (κ3) is 3.18. The predicted molar refractivity (Wildman–Crippen MR) is 78.3 cm³/mol. The van der Waals surface area contributed by atoms with Gasteiger partial charge in [-0.1, -0.05) is 6.07 Å². The number of piperidine rings is 1. The van der Waals surface area contributed by atoms with Crippen LogP contribution in [-0.2, 0) is 11.2 Å². The Bertz CT molecular complexity index is 448. The molecular weight excluding hydrogens is 250 g/mol. The van der Waals surface area contributed by atoms with Crippen LogP contribution in [0, 0.1) is 0 Å². The van der Waals surface area contributed by atoms with Gasteiger partial charge in [-0.2, -0.15) is 0 Å². The molecule has 1 N–H and O–H groups in total. The van der Waals surface area contributed by atoms with E-state index in [0.29, 0.717) is 18.5 Å². The molecule has 2 aliphatic rings. The van der Waals surface area contributed by atoms with E-state index in [9.17, 15) is 4.79 Å². The minimum Gasteiger partial charge on any atom is -0.352 e. The van der Waals surface area contributed by atoms with E-state index in [2.05, 4.69) is 15.2 Å². The zero-order valence-electron chi connectivity index (χ0n) is 11.9. The first-order valence-corrected chi connectivity index (χ1v) is 7.75. The van der Waals surface area contributed by atoms with Crippen molar-refractivity contribution in [3.8, 4) is 0 Å².